The molecule has 0 radical (unpaired) electrons. The Morgan fingerprint density at radius 3 is 1.09 bits per heavy atom. The standard InChI is InChI=1S/C57H110O17P2.C19H20N2.C10H8O6S2.2Na/c1-5-9-13-17-21-25-29-33-37-41-54(59)67-47-52(73-56(61)43-39-35-31-27-23-19-15-11-7-3)49-71-75(63,64)69-45-51(58)46-70-76(65,66)72-50-53(74-57(62)44-40-36-32-28-24-20-16-12-8-4)48-68-55(60)42-38-34-30-26-22-18-14-10-6-2;1-20-12-11-19-17(14-20)16-9-5-6-10-18(16)21(19)13-15-7-3-2-4-8-15;11-17(12,13)9-5-1-3-7-8(9)4-2-6-10(7)18(14,15)16;;/h51-53,58H,5-50H2,1-4H3,(H,63,64)(H,65,66);2-10H,11-14H2,1H3;1-6H,(H,11,12,13)(H,14,15,16);;/q;;;2*+1/p-2. The van der Waals surface area contributed by atoms with E-state index in [0.29, 0.717) is 25.7 Å². The Morgan fingerprint density at radius 1 is 0.419 bits per heavy atom. The normalized spacial score (nSPS) is 14.0. The zero-order valence-electron chi connectivity index (χ0n) is 71.4. The van der Waals surface area contributed by atoms with Gasteiger partial charge in [0.05, 0.1) is 26.4 Å². The summed E-state index contributed by atoms with van der Waals surface area (Å²) in [6.45, 7) is 7.55. The average Bonchev–Trinajstić information content (AvgIpc) is 1.36. The van der Waals surface area contributed by atoms with Gasteiger partial charge in [-0.3, -0.25) is 37.4 Å². The SMILES string of the molecule is CCCCCCCCCCCC(=O)OCC(COP(=O)([O-])OCC(O)COP(=O)([O-])OCC(COC(=O)CCCCCCCCCCC)OC(=O)CCCCCCCCCCC)OC(=O)CCCCCCCCCCC.CN1CCc2c(c3ccccc3n2Cc2ccccc2)C1.O=S(=O)(O)c1cccc2c(S(=O)(=O)O)cccc12.[Na+].[Na+]. The zero-order chi connectivity index (χ0) is 84.0. The molecule has 0 fully saturated rings. The first-order valence-corrected chi connectivity index (χ1v) is 48.4. The molecule has 0 amide bonds. The predicted molar refractivity (Wildman–Crippen MR) is 445 cm³/mol. The first-order valence-electron chi connectivity index (χ1n) is 42.6. The molecule has 0 saturated carbocycles. The quantitative estimate of drug-likeness (QED) is 0.00813. The number of hydrogen-bond acceptors (Lipinski definition) is 22. The van der Waals surface area contributed by atoms with Crippen LogP contribution in [-0.2, 0) is 105 Å². The third-order valence-corrected chi connectivity index (χ3v) is 23.7. The number of aromatic nitrogens is 1. The van der Waals surface area contributed by atoms with Crippen molar-refractivity contribution < 1.29 is 165 Å². The Kier molecular flexibility index (Phi) is 60.2. The molecule has 1 aliphatic rings. The van der Waals surface area contributed by atoms with Gasteiger partial charge in [-0.25, -0.2) is 0 Å². The minimum Gasteiger partial charge on any atom is -0.756 e. The zero-order valence-corrected chi connectivity index (χ0v) is 78.8. The number of unbranched alkanes of at least 4 members (excludes halogenated alkanes) is 32. The third-order valence-electron chi connectivity index (χ3n) is 20.0. The number of ether oxygens (including phenoxy) is 4. The van der Waals surface area contributed by atoms with E-state index in [4.69, 9.17) is 46.1 Å². The minimum atomic E-state index is -5.20. The number of fused-ring (bicyclic) bond motifs is 4. The molecule has 4 aromatic carbocycles. The van der Waals surface area contributed by atoms with E-state index in [1.807, 2.05) is 0 Å². The van der Waals surface area contributed by atoms with Crippen LogP contribution in [0.15, 0.2) is 101 Å². The van der Waals surface area contributed by atoms with Gasteiger partial charge in [-0.2, -0.15) is 16.8 Å². The van der Waals surface area contributed by atoms with Crippen molar-refractivity contribution in [2.75, 3.05) is 53.2 Å². The minimum absolute atomic E-state index is 0. The molecule has 3 N–H and O–H groups in total. The number of aliphatic hydroxyl groups is 1. The number of phosphoric acid groups is 2. The van der Waals surface area contributed by atoms with Crippen molar-refractivity contribution in [3.8, 4) is 0 Å². The molecule has 0 saturated heterocycles. The second kappa shape index (κ2) is 64.3. The predicted octanol–water partition coefficient (Wildman–Crippen LogP) is 13.0. The first-order chi connectivity index (χ1) is 55.2. The summed E-state index contributed by atoms with van der Waals surface area (Å²) in [4.78, 5) is 77.8. The van der Waals surface area contributed by atoms with Crippen LogP contribution in [0, 0.1) is 0 Å². The van der Waals surface area contributed by atoms with E-state index < -0.39 is 128 Å². The van der Waals surface area contributed by atoms with Gasteiger partial charge in [0, 0.05) is 79.1 Å². The number of rotatable bonds is 62. The van der Waals surface area contributed by atoms with Gasteiger partial charge in [0.15, 0.2) is 12.2 Å². The van der Waals surface area contributed by atoms with Crippen LogP contribution in [-0.4, -0.2) is 136 Å². The summed E-state index contributed by atoms with van der Waals surface area (Å²) >= 11 is 0. The number of aliphatic hydroxyl groups excluding tert-OH is 1. The van der Waals surface area contributed by atoms with Crippen molar-refractivity contribution in [2.45, 2.75) is 332 Å². The third kappa shape index (κ3) is 49.6. The summed E-state index contributed by atoms with van der Waals surface area (Å²) in [5, 5.41) is 11.9. The molecule has 0 spiro atoms. The number of benzene rings is 4. The van der Waals surface area contributed by atoms with Crippen LogP contribution in [0.4, 0.5) is 0 Å². The number of para-hydroxylation sites is 1. The van der Waals surface area contributed by atoms with E-state index in [2.05, 4.69) is 98.8 Å². The molecule has 1 aliphatic heterocycles. The summed E-state index contributed by atoms with van der Waals surface area (Å²) in [5.41, 5.74) is 5.80. The van der Waals surface area contributed by atoms with E-state index in [1.54, 1.807) is 0 Å². The van der Waals surface area contributed by atoms with Crippen molar-refractivity contribution in [3.63, 3.8) is 0 Å². The maximum absolute atomic E-state index is 12.8. The van der Waals surface area contributed by atoms with Gasteiger partial charge in [0.1, 0.15) is 29.1 Å². The van der Waals surface area contributed by atoms with Gasteiger partial charge in [-0.1, -0.05) is 306 Å². The van der Waals surface area contributed by atoms with Crippen molar-refractivity contribution in [2.24, 2.45) is 0 Å². The maximum atomic E-state index is 12.8. The topological polar surface area (TPSA) is 360 Å². The van der Waals surface area contributed by atoms with Crippen molar-refractivity contribution in [1.29, 1.82) is 0 Å². The van der Waals surface area contributed by atoms with Gasteiger partial charge < -0.3 is 61.4 Å². The summed E-state index contributed by atoms with van der Waals surface area (Å²) in [6.07, 6.45) is 35.4. The number of carbonyl (C=O) groups is 4. The Labute approximate surface area is 743 Å². The summed E-state index contributed by atoms with van der Waals surface area (Å²) in [6, 6.07) is 27.1. The monoisotopic (exact) mass is 1740 g/mol. The van der Waals surface area contributed by atoms with Crippen LogP contribution < -0.4 is 68.9 Å². The molecule has 4 atom stereocenters. The smallest absolute Gasteiger partial charge is 0.756 e. The Morgan fingerprint density at radius 2 is 0.735 bits per heavy atom. The first kappa shape index (κ1) is 110. The van der Waals surface area contributed by atoms with E-state index in [0.717, 1.165) is 141 Å². The molecule has 0 bridgehead atoms. The summed E-state index contributed by atoms with van der Waals surface area (Å²) < 4.78 is 132. The van der Waals surface area contributed by atoms with Gasteiger partial charge in [-0.05, 0) is 62.1 Å². The van der Waals surface area contributed by atoms with E-state index in [9.17, 15) is 60.0 Å². The van der Waals surface area contributed by atoms with Crippen LogP contribution in [0.25, 0.3) is 21.7 Å². The fraction of sp³-hybridized carbons (Fsp3) is 0.674. The molecule has 0 aliphatic carbocycles. The molecular formula is C86H136N2Na2O23P2S2. The molecule has 652 valence electrons. The van der Waals surface area contributed by atoms with Crippen LogP contribution in [0.5, 0.6) is 0 Å². The van der Waals surface area contributed by atoms with E-state index in [1.165, 1.54) is 155 Å². The van der Waals surface area contributed by atoms with E-state index >= 15 is 0 Å². The fourth-order valence-electron chi connectivity index (χ4n) is 13.6. The molecule has 117 heavy (non-hydrogen) atoms. The Hall–Kier alpha value is -3.48. The van der Waals surface area contributed by atoms with Crippen LogP contribution in [0.1, 0.15) is 301 Å². The molecule has 25 nitrogen and oxygen atoms in total. The molecule has 5 aromatic rings. The van der Waals surface area contributed by atoms with Crippen molar-refractivity contribution >= 4 is 81.4 Å². The second-order valence-electron chi connectivity index (χ2n) is 30.2. The summed E-state index contributed by atoms with van der Waals surface area (Å²) in [5.74, 6) is -2.24. The van der Waals surface area contributed by atoms with Gasteiger partial charge in [0.2, 0.25) is 0 Å². The van der Waals surface area contributed by atoms with Crippen molar-refractivity contribution in [3.05, 3.63) is 108 Å². The molecule has 4 unspecified atom stereocenters. The maximum Gasteiger partial charge on any atom is 1.00 e. The number of likely N-dealkylation sites (N-methyl/N-ethyl adjacent to an activating group) is 1. The largest absolute Gasteiger partial charge is 1.00 e. The van der Waals surface area contributed by atoms with Gasteiger partial charge >= 0.3 is 83.0 Å². The Bertz CT molecular complexity index is 3700. The fourth-order valence-corrected chi connectivity index (χ4v) is 16.5. The molecule has 2 heterocycles. The molecule has 1 aromatic heterocycles. The number of hydrogen-bond donors (Lipinski definition) is 3. The van der Waals surface area contributed by atoms with Gasteiger partial charge in [0.25, 0.3) is 35.9 Å². The molecule has 6 rings (SSSR count). The Balaban J connectivity index is 0.000000893. The number of carbonyl (C=O) groups excluding carboxylic acids is 4. The van der Waals surface area contributed by atoms with Crippen LogP contribution in [0.3, 0.4) is 0 Å². The van der Waals surface area contributed by atoms with Crippen molar-refractivity contribution in [1.82, 2.24) is 9.47 Å². The number of phosphoric ester groups is 2. The second-order valence-corrected chi connectivity index (χ2v) is 35.8. The van der Waals surface area contributed by atoms with Gasteiger partial charge in [-0.15, -0.1) is 0 Å². The molecular weight excluding hydrogens is 1600 g/mol. The van der Waals surface area contributed by atoms with E-state index in [-0.39, 0.29) is 95.6 Å². The number of nitrogens with zero attached hydrogens (tertiary/aromatic N) is 2. The summed E-state index contributed by atoms with van der Waals surface area (Å²) in [7, 11) is -17.1. The number of esters is 4. The van der Waals surface area contributed by atoms with Crippen LogP contribution in [0.2, 0.25) is 0 Å². The molecule has 31 heteroatoms. The van der Waals surface area contributed by atoms with Crippen LogP contribution >= 0.6 is 15.6 Å². The average molecular weight is 1740 g/mol.